The molecule has 0 fully saturated rings. The van der Waals surface area contributed by atoms with Gasteiger partial charge in [-0.3, -0.25) is 0 Å². The van der Waals surface area contributed by atoms with Crippen molar-refractivity contribution >= 4 is 39.2 Å². The highest BCUT2D eigenvalue weighted by Gasteiger charge is 2.06. The number of thiazole rings is 1. The van der Waals surface area contributed by atoms with E-state index in [-0.39, 0.29) is 5.82 Å². The van der Waals surface area contributed by atoms with Crippen molar-refractivity contribution < 1.29 is 4.39 Å². The van der Waals surface area contributed by atoms with Gasteiger partial charge < -0.3 is 4.72 Å². The number of nitrogens with one attached hydrogen (secondary N) is 1. The van der Waals surface area contributed by atoms with Crippen molar-refractivity contribution in [2.24, 2.45) is 0 Å². The molecule has 0 bridgehead atoms. The molecule has 0 saturated carbocycles. The van der Waals surface area contributed by atoms with Gasteiger partial charge in [0.1, 0.15) is 10.8 Å². The normalized spacial score (nSPS) is 11.0. The number of hydrogen-bond acceptors (Lipinski definition) is 4. The minimum atomic E-state index is -0.222. The second kappa shape index (κ2) is 6.86. The van der Waals surface area contributed by atoms with E-state index >= 15 is 0 Å². The number of benzene rings is 3. The van der Waals surface area contributed by atoms with Crippen molar-refractivity contribution in [3.05, 3.63) is 78.1 Å². The van der Waals surface area contributed by atoms with Crippen LogP contribution in [-0.4, -0.2) is 4.98 Å². The van der Waals surface area contributed by atoms with Crippen LogP contribution in [0, 0.1) is 12.7 Å². The highest BCUT2D eigenvalue weighted by molar-refractivity contribution is 8.00. The van der Waals surface area contributed by atoms with E-state index in [2.05, 4.69) is 42.0 Å². The minimum Gasteiger partial charge on any atom is -0.326 e. The fourth-order valence-electron chi connectivity index (χ4n) is 2.46. The third kappa shape index (κ3) is 3.67. The predicted octanol–water partition coefficient (Wildman–Crippen LogP) is 6.53. The van der Waals surface area contributed by atoms with Crippen LogP contribution in [-0.2, 0) is 0 Å². The number of hydrogen-bond donors (Lipinski definition) is 1. The molecule has 0 radical (unpaired) electrons. The molecule has 1 heterocycles. The minimum absolute atomic E-state index is 0.222. The van der Waals surface area contributed by atoms with Gasteiger partial charge in [0.15, 0.2) is 0 Å². The molecule has 4 rings (SSSR count). The SMILES string of the molecule is Cc1ccc2nc(-c3ccc(NSc4ccc(F)cc4)cc3)sc2c1. The van der Waals surface area contributed by atoms with Crippen molar-refractivity contribution in [2.45, 2.75) is 11.8 Å². The summed E-state index contributed by atoms with van der Waals surface area (Å²) in [5, 5.41) is 1.03. The first-order chi connectivity index (χ1) is 12.2. The Morgan fingerprint density at radius 1 is 0.960 bits per heavy atom. The third-order valence-corrected chi connectivity index (χ3v) is 5.69. The van der Waals surface area contributed by atoms with Gasteiger partial charge in [0, 0.05) is 16.1 Å². The molecule has 3 aromatic carbocycles. The Balaban J connectivity index is 1.49. The summed E-state index contributed by atoms with van der Waals surface area (Å²) in [6.07, 6.45) is 0. The maximum Gasteiger partial charge on any atom is 0.124 e. The summed E-state index contributed by atoms with van der Waals surface area (Å²) in [7, 11) is 0. The molecule has 0 unspecified atom stereocenters. The molecule has 0 atom stereocenters. The molecule has 4 aromatic rings. The fraction of sp³-hybridized carbons (Fsp3) is 0.0500. The molecule has 25 heavy (non-hydrogen) atoms. The van der Waals surface area contributed by atoms with Crippen LogP contribution in [0.4, 0.5) is 10.1 Å². The van der Waals surface area contributed by atoms with Crippen LogP contribution in [0.1, 0.15) is 5.56 Å². The lowest BCUT2D eigenvalue weighted by atomic mass is 10.2. The van der Waals surface area contributed by atoms with Crippen LogP contribution in [0.15, 0.2) is 71.6 Å². The van der Waals surface area contributed by atoms with Gasteiger partial charge in [-0.2, -0.15) is 0 Å². The number of halogens is 1. The summed E-state index contributed by atoms with van der Waals surface area (Å²) < 4.78 is 17.4. The monoisotopic (exact) mass is 366 g/mol. The third-order valence-electron chi connectivity index (χ3n) is 3.78. The first-order valence-electron chi connectivity index (χ1n) is 7.83. The number of nitrogens with zero attached hydrogens (tertiary/aromatic N) is 1. The largest absolute Gasteiger partial charge is 0.326 e. The number of rotatable bonds is 4. The molecule has 2 nitrogen and oxygen atoms in total. The summed E-state index contributed by atoms with van der Waals surface area (Å²) >= 11 is 3.17. The lowest BCUT2D eigenvalue weighted by Gasteiger charge is -2.06. The van der Waals surface area contributed by atoms with Gasteiger partial charge in [0.2, 0.25) is 0 Å². The van der Waals surface area contributed by atoms with Crippen LogP contribution in [0.3, 0.4) is 0 Å². The Hall–Kier alpha value is -2.37. The average Bonchev–Trinajstić information content (AvgIpc) is 3.05. The average molecular weight is 366 g/mol. The van der Waals surface area contributed by atoms with E-state index in [4.69, 9.17) is 4.98 Å². The first-order valence-corrected chi connectivity index (χ1v) is 9.47. The topological polar surface area (TPSA) is 24.9 Å². The zero-order chi connectivity index (χ0) is 17.2. The van der Waals surface area contributed by atoms with E-state index in [1.165, 1.54) is 34.3 Å². The maximum atomic E-state index is 12.9. The summed E-state index contributed by atoms with van der Waals surface area (Å²) in [5.74, 6) is -0.222. The van der Waals surface area contributed by atoms with E-state index in [0.717, 1.165) is 26.7 Å². The smallest absolute Gasteiger partial charge is 0.124 e. The lowest BCUT2D eigenvalue weighted by molar-refractivity contribution is 0.626. The molecule has 0 amide bonds. The molecule has 0 spiro atoms. The van der Waals surface area contributed by atoms with Crippen molar-refractivity contribution in [2.75, 3.05) is 4.72 Å². The van der Waals surface area contributed by atoms with E-state index in [1.54, 1.807) is 23.5 Å². The van der Waals surface area contributed by atoms with E-state index in [1.807, 2.05) is 12.1 Å². The van der Waals surface area contributed by atoms with Crippen LogP contribution < -0.4 is 4.72 Å². The van der Waals surface area contributed by atoms with Crippen LogP contribution in [0.2, 0.25) is 0 Å². The van der Waals surface area contributed by atoms with Gasteiger partial charge in [0.25, 0.3) is 0 Å². The first kappa shape index (κ1) is 16.1. The summed E-state index contributed by atoms with van der Waals surface area (Å²) in [5.41, 5.74) is 4.39. The predicted molar refractivity (Wildman–Crippen MR) is 106 cm³/mol. The van der Waals surface area contributed by atoms with E-state index in [9.17, 15) is 4.39 Å². The Bertz CT molecular complexity index is 1010. The quantitative estimate of drug-likeness (QED) is 0.416. The van der Waals surface area contributed by atoms with Crippen molar-refractivity contribution in [3.8, 4) is 10.6 Å². The summed E-state index contributed by atoms with van der Waals surface area (Å²) in [6, 6.07) is 21.0. The molecule has 0 saturated heterocycles. The van der Waals surface area contributed by atoms with Gasteiger partial charge in [-0.25, -0.2) is 9.37 Å². The molecule has 0 aliphatic rings. The van der Waals surface area contributed by atoms with Crippen LogP contribution in [0.5, 0.6) is 0 Å². The number of aromatic nitrogens is 1. The number of anilines is 1. The second-order valence-corrected chi connectivity index (χ2v) is 7.64. The van der Waals surface area contributed by atoms with Gasteiger partial charge >= 0.3 is 0 Å². The van der Waals surface area contributed by atoms with E-state index in [0.29, 0.717) is 0 Å². The second-order valence-electron chi connectivity index (χ2n) is 5.73. The van der Waals surface area contributed by atoms with Crippen LogP contribution in [0.25, 0.3) is 20.8 Å². The number of fused-ring (bicyclic) bond motifs is 1. The molecule has 0 aliphatic heterocycles. The van der Waals surface area contributed by atoms with Crippen molar-refractivity contribution in [1.82, 2.24) is 4.98 Å². The van der Waals surface area contributed by atoms with Crippen LogP contribution >= 0.6 is 23.3 Å². The van der Waals surface area contributed by atoms with Crippen molar-refractivity contribution in [3.63, 3.8) is 0 Å². The molecule has 0 aliphatic carbocycles. The Labute approximate surface area is 153 Å². The Kier molecular flexibility index (Phi) is 4.42. The Morgan fingerprint density at radius 3 is 2.48 bits per heavy atom. The highest BCUT2D eigenvalue weighted by Crippen LogP contribution is 2.31. The zero-order valence-electron chi connectivity index (χ0n) is 13.5. The van der Waals surface area contributed by atoms with Gasteiger partial charge in [-0.1, -0.05) is 6.07 Å². The van der Waals surface area contributed by atoms with E-state index < -0.39 is 0 Å². The van der Waals surface area contributed by atoms with Gasteiger partial charge in [0.05, 0.1) is 10.2 Å². The number of aryl methyl sites for hydroxylation is 1. The molecular formula is C20H15FN2S2. The Morgan fingerprint density at radius 2 is 1.72 bits per heavy atom. The summed E-state index contributed by atoms with van der Waals surface area (Å²) in [4.78, 5) is 5.68. The lowest BCUT2D eigenvalue weighted by Crippen LogP contribution is -1.87. The summed E-state index contributed by atoms with van der Waals surface area (Å²) in [6.45, 7) is 2.10. The van der Waals surface area contributed by atoms with Gasteiger partial charge in [-0.15, -0.1) is 11.3 Å². The maximum absolute atomic E-state index is 12.9. The zero-order valence-corrected chi connectivity index (χ0v) is 15.1. The van der Waals surface area contributed by atoms with Gasteiger partial charge in [-0.05, 0) is 85.1 Å². The molecule has 1 aromatic heterocycles. The van der Waals surface area contributed by atoms with Crippen molar-refractivity contribution in [1.29, 1.82) is 0 Å². The highest BCUT2D eigenvalue weighted by atomic mass is 32.2. The standard InChI is InChI=1S/C20H15FN2S2/c1-13-2-11-18-19(12-13)24-20(22-18)14-3-7-16(8-4-14)23-25-17-9-5-15(21)6-10-17/h2-12,23H,1H3. The molecular weight excluding hydrogens is 351 g/mol. The molecule has 5 heteroatoms. The molecule has 124 valence electrons. The fourth-order valence-corrected chi connectivity index (χ4v) is 4.17. The molecule has 1 N–H and O–H groups in total.